The SMILES string of the molecule is CC(CC[N+](C)(C)Cc1ccccc1)[N+](C)(C)Cc1ccccc1. The van der Waals surface area contributed by atoms with Gasteiger partial charge < -0.3 is 8.97 Å². The molecule has 0 aliphatic heterocycles. The smallest absolute Gasteiger partial charge is 0.104 e. The van der Waals surface area contributed by atoms with Gasteiger partial charge in [0.15, 0.2) is 0 Å². The summed E-state index contributed by atoms with van der Waals surface area (Å²) < 4.78 is 2.08. The first kappa shape index (κ1) is 18.7. The van der Waals surface area contributed by atoms with E-state index in [4.69, 9.17) is 0 Å². The summed E-state index contributed by atoms with van der Waals surface area (Å²) in [6, 6.07) is 22.3. The van der Waals surface area contributed by atoms with Crippen LogP contribution in [-0.2, 0) is 13.1 Å². The maximum Gasteiger partial charge on any atom is 0.104 e. The Hall–Kier alpha value is -1.64. The molecule has 130 valence electrons. The van der Waals surface area contributed by atoms with E-state index < -0.39 is 0 Å². The monoisotopic (exact) mass is 326 g/mol. The second-order valence-corrected chi connectivity index (χ2v) is 8.36. The van der Waals surface area contributed by atoms with E-state index in [0.717, 1.165) is 22.1 Å². The Morgan fingerprint density at radius 2 is 1.17 bits per heavy atom. The van der Waals surface area contributed by atoms with Crippen LogP contribution in [0.25, 0.3) is 0 Å². The zero-order valence-electron chi connectivity index (χ0n) is 16.1. The van der Waals surface area contributed by atoms with Crippen molar-refractivity contribution in [3.8, 4) is 0 Å². The Bertz CT molecular complexity index is 602. The minimum Gasteiger partial charge on any atom is -0.325 e. The van der Waals surface area contributed by atoms with Gasteiger partial charge >= 0.3 is 0 Å². The summed E-state index contributed by atoms with van der Waals surface area (Å²) in [6.07, 6.45) is 1.24. The van der Waals surface area contributed by atoms with Gasteiger partial charge in [-0.25, -0.2) is 0 Å². The van der Waals surface area contributed by atoms with Crippen molar-refractivity contribution >= 4 is 0 Å². The lowest BCUT2D eigenvalue weighted by Gasteiger charge is -2.38. The molecule has 0 radical (unpaired) electrons. The Balaban J connectivity index is 1.89. The minimum absolute atomic E-state index is 0.637. The summed E-state index contributed by atoms with van der Waals surface area (Å²) >= 11 is 0. The summed E-state index contributed by atoms with van der Waals surface area (Å²) in [7, 11) is 9.40. The second-order valence-electron chi connectivity index (χ2n) is 8.36. The number of rotatable bonds is 8. The fraction of sp³-hybridized carbons (Fsp3) is 0.455. The molecule has 0 spiro atoms. The van der Waals surface area contributed by atoms with Crippen molar-refractivity contribution in [1.82, 2.24) is 0 Å². The molecule has 2 heteroatoms. The average molecular weight is 327 g/mol. The largest absolute Gasteiger partial charge is 0.325 e. The molecule has 2 rings (SSSR count). The van der Waals surface area contributed by atoms with Crippen molar-refractivity contribution in [3.63, 3.8) is 0 Å². The van der Waals surface area contributed by atoms with Crippen molar-refractivity contribution in [1.29, 1.82) is 0 Å². The zero-order valence-corrected chi connectivity index (χ0v) is 16.1. The molecular weight excluding hydrogens is 292 g/mol. The standard InChI is InChI=1S/C22H34N2/c1-20(24(4,5)19-22-14-10-7-11-15-22)16-17-23(2,3)18-21-12-8-6-9-13-21/h6-15,20H,16-19H2,1-5H3/q+2. The van der Waals surface area contributed by atoms with Crippen molar-refractivity contribution in [2.75, 3.05) is 34.7 Å². The third-order valence-electron chi connectivity index (χ3n) is 5.23. The van der Waals surface area contributed by atoms with Crippen molar-refractivity contribution in [2.45, 2.75) is 32.5 Å². The van der Waals surface area contributed by atoms with Gasteiger partial charge in [0.1, 0.15) is 13.1 Å². The minimum atomic E-state index is 0.637. The molecule has 0 aliphatic rings. The van der Waals surface area contributed by atoms with Crippen LogP contribution in [0.15, 0.2) is 60.7 Å². The molecule has 0 saturated heterocycles. The fourth-order valence-corrected chi connectivity index (χ4v) is 3.25. The predicted octanol–water partition coefficient (Wildman–Crippen LogP) is 4.32. The Morgan fingerprint density at radius 3 is 1.67 bits per heavy atom. The van der Waals surface area contributed by atoms with Crippen LogP contribution in [0.4, 0.5) is 0 Å². The van der Waals surface area contributed by atoms with Crippen LogP contribution in [0.3, 0.4) is 0 Å². The number of hydrogen-bond acceptors (Lipinski definition) is 0. The molecule has 0 saturated carbocycles. The Labute approximate surface area is 148 Å². The zero-order chi connectivity index (χ0) is 17.6. The number of benzene rings is 2. The molecule has 0 amide bonds. The molecule has 1 unspecified atom stereocenters. The summed E-state index contributed by atoms with van der Waals surface area (Å²) in [6.45, 7) is 5.78. The summed E-state index contributed by atoms with van der Waals surface area (Å²) in [4.78, 5) is 0. The van der Waals surface area contributed by atoms with Crippen LogP contribution in [0.5, 0.6) is 0 Å². The average Bonchev–Trinajstić information content (AvgIpc) is 2.53. The van der Waals surface area contributed by atoms with Crippen LogP contribution in [0.2, 0.25) is 0 Å². The van der Waals surface area contributed by atoms with E-state index in [0.29, 0.717) is 6.04 Å². The van der Waals surface area contributed by atoms with E-state index in [-0.39, 0.29) is 0 Å². The lowest BCUT2D eigenvalue weighted by molar-refractivity contribution is -0.938. The van der Waals surface area contributed by atoms with E-state index in [1.54, 1.807) is 0 Å². The lowest BCUT2D eigenvalue weighted by atomic mass is 10.1. The predicted molar refractivity (Wildman–Crippen MR) is 103 cm³/mol. The highest BCUT2D eigenvalue weighted by Crippen LogP contribution is 2.18. The van der Waals surface area contributed by atoms with Gasteiger partial charge in [-0.2, -0.15) is 0 Å². The lowest BCUT2D eigenvalue weighted by Crippen LogP contribution is -2.49. The first-order chi connectivity index (χ1) is 11.3. The third-order valence-corrected chi connectivity index (χ3v) is 5.23. The highest BCUT2D eigenvalue weighted by Gasteiger charge is 2.27. The van der Waals surface area contributed by atoms with Crippen molar-refractivity contribution < 1.29 is 8.97 Å². The first-order valence-electron chi connectivity index (χ1n) is 9.01. The summed E-state index contributed by atoms with van der Waals surface area (Å²) in [5.41, 5.74) is 2.85. The quantitative estimate of drug-likeness (QED) is 0.634. The van der Waals surface area contributed by atoms with Crippen LogP contribution in [0, 0.1) is 0 Å². The van der Waals surface area contributed by atoms with E-state index >= 15 is 0 Å². The van der Waals surface area contributed by atoms with Gasteiger partial charge in [0.25, 0.3) is 0 Å². The molecule has 24 heavy (non-hydrogen) atoms. The molecule has 0 bridgehead atoms. The highest BCUT2D eigenvalue weighted by molar-refractivity contribution is 5.14. The van der Waals surface area contributed by atoms with E-state index in [1.165, 1.54) is 24.1 Å². The van der Waals surface area contributed by atoms with Gasteiger partial charge in [-0.15, -0.1) is 0 Å². The van der Waals surface area contributed by atoms with Crippen molar-refractivity contribution in [2.24, 2.45) is 0 Å². The Morgan fingerprint density at radius 1 is 0.708 bits per heavy atom. The van der Waals surface area contributed by atoms with Gasteiger partial charge in [0.05, 0.1) is 40.8 Å². The fourth-order valence-electron chi connectivity index (χ4n) is 3.25. The number of quaternary nitrogens is 2. The first-order valence-corrected chi connectivity index (χ1v) is 9.01. The molecule has 2 aromatic carbocycles. The van der Waals surface area contributed by atoms with Gasteiger partial charge in [-0.3, -0.25) is 0 Å². The number of nitrogens with zero attached hydrogens (tertiary/aromatic N) is 2. The number of hydrogen-bond donors (Lipinski definition) is 0. The highest BCUT2D eigenvalue weighted by atomic mass is 15.3. The van der Waals surface area contributed by atoms with E-state index in [1.807, 2.05) is 0 Å². The van der Waals surface area contributed by atoms with Crippen LogP contribution in [0.1, 0.15) is 24.5 Å². The van der Waals surface area contributed by atoms with Gasteiger partial charge in [0, 0.05) is 17.5 Å². The molecule has 0 fully saturated rings. The topological polar surface area (TPSA) is 0 Å². The normalized spacial score (nSPS) is 13.7. The van der Waals surface area contributed by atoms with E-state index in [2.05, 4.69) is 95.8 Å². The molecule has 0 heterocycles. The Kier molecular flexibility index (Phi) is 6.20. The van der Waals surface area contributed by atoms with Crippen LogP contribution < -0.4 is 0 Å². The third kappa shape index (κ3) is 5.77. The van der Waals surface area contributed by atoms with Gasteiger partial charge in [0.2, 0.25) is 0 Å². The second kappa shape index (κ2) is 7.96. The molecule has 0 aliphatic carbocycles. The van der Waals surface area contributed by atoms with Gasteiger partial charge in [-0.1, -0.05) is 60.7 Å². The van der Waals surface area contributed by atoms with E-state index in [9.17, 15) is 0 Å². The summed E-state index contributed by atoms with van der Waals surface area (Å²) in [5, 5.41) is 0. The maximum atomic E-state index is 2.39. The van der Waals surface area contributed by atoms with Crippen molar-refractivity contribution in [3.05, 3.63) is 71.8 Å². The van der Waals surface area contributed by atoms with Crippen LogP contribution in [-0.4, -0.2) is 49.7 Å². The molecule has 2 aromatic rings. The molecule has 2 nitrogen and oxygen atoms in total. The molecule has 0 aromatic heterocycles. The summed E-state index contributed by atoms with van der Waals surface area (Å²) in [5.74, 6) is 0. The van der Waals surface area contributed by atoms with Gasteiger partial charge in [-0.05, 0) is 6.92 Å². The molecular formula is C22H34N2+2. The van der Waals surface area contributed by atoms with Crippen LogP contribution >= 0.6 is 0 Å². The molecule has 0 N–H and O–H groups in total. The maximum absolute atomic E-state index is 2.39. The molecule has 1 atom stereocenters.